The summed E-state index contributed by atoms with van der Waals surface area (Å²) in [6.07, 6.45) is 9.23. The Morgan fingerprint density at radius 2 is 1.53 bits per heavy atom. The lowest BCUT2D eigenvalue weighted by Crippen LogP contribution is -2.04. The van der Waals surface area contributed by atoms with Crippen LogP contribution in [0.2, 0.25) is 0 Å². The molecule has 0 bridgehead atoms. The number of unbranched alkanes of at least 4 members (excludes halogenated alkanes) is 6. The van der Waals surface area contributed by atoms with Gasteiger partial charge in [0.25, 0.3) is 0 Å². The van der Waals surface area contributed by atoms with Gasteiger partial charge in [-0.25, -0.2) is 0 Å². The molecule has 0 heterocycles. The van der Waals surface area contributed by atoms with Gasteiger partial charge in [-0.15, -0.1) is 0 Å². The molecule has 108 valence electrons. The Bertz CT molecular complexity index is 319. The van der Waals surface area contributed by atoms with Crippen LogP contribution in [0.5, 0.6) is 5.75 Å². The van der Waals surface area contributed by atoms with Crippen LogP contribution in [0.25, 0.3) is 0 Å². The molecule has 0 saturated carbocycles. The van der Waals surface area contributed by atoms with Gasteiger partial charge in [-0.1, -0.05) is 57.6 Å². The molecule has 0 amide bonds. The van der Waals surface area contributed by atoms with Crippen LogP contribution in [-0.2, 0) is 0 Å². The number of hydrogen-bond acceptors (Lipinski definition) is 2. The maximum atomic E-state index is 5.81. The zero-order valence-corrected chi connectivity index (χ0v) is 12.5. The molecular weight excluding hydrogens is 234 g/mol. The van der Waals surface area contributed by atoms with Gasteiger partial charge in [0.15, 0.2) is 0 Å². The minimum atomic E-state index is 0.0946. The highest BCUT2D eigenvalue weighted by Gasteiger charge is 1.99. The molecule has 0 aromatic heterocycles. The van der Waals surface area contributed by atoms with Gasteiger partial charge in [0.2, 0.25) is 0 Å². The van der Waals surface area contributed by atoms with Gasteiger partial charge in [-0.2, -0.15) is 0 Å². The molecule has 0 aliphatic carbocycles. The van der Waals surface area contributed by atoms with Crippen LogP contribution in [0.4, 0.5) is 0 Å². The molecule has 0 aliphatic rings. The lowest BCUT2D eigenvalue weighted by molar-refractivity contribution is 0.304. The van der Waals surface area contributed by atoms with Gasteiger partial charge in [0.05, 0.1) is 6.61 Å². The monoisotopic (exact) mass is 263 g/mol. The van der Waals surface area contributed by atoms with Crippen molar-refractivity contribution in [2.45, 2.75) is 64.8 Å². The van der Waals surface area contributed by atoms with Crippen molar-refractivity contribution < 1.29 is 4.74 Å². The zero-order valence-electron chi connectivity index (χ0n) is 12.5. The van der Waals surface area contributed by atoms with Crippen molar-refractivity contribution >= 4 is 0 Å². The average Bonchev–Trinajstić information content (AvgIpc) is 2.42. The van der Waals surface area contributed by atoms with E-state index in [1.54, 1.807) is 0 Å². The van der Waals surface area contributed by atoms with Crippen LogP contribution in [0.3, 0.4) is 0 Å². The van der Waals surface area contributed by atoms with Crippen molar-refractivity contribution in [2.75, 3.05) is 6.61 Å². The molecule has 1 rings (SSSR count). The summed E-state index contributed by atoms with van der Waals surface area (Å²) in [5.41, 5.74) is 6.97. The summed E-state index contributed by atoms with van der Waals surface area (Å²) in [4.78, 5) is 0. The number of ether oxygens (including phenoxy) is 1. The van der Waals surface area contributed by atoms with Gasteiger partial charge in [0.1, 0.15) is 5.75 Å². The van der Waals surface area contributed by atoms with Crippen LogP contribution in [0.1, 0.15) is 70.4 Å². The van der Waals surface area contributed by atoms with Gasteiger partial charge in [-0.3, -0.25) is 0 Å². The number of nitrogens with two attached hydrogens (primary N) is 1. The molecule has 1 aromatic carbocycles. The Hall–Kier alpha value is -1.02. The van der Waals surface area contributed by atoms with E-state index in [0.717, 1.165) is 24.3 Å². The van der Waals surface area contributed by atoms with E-state index < -0.39 is 0 Å². The van der Waals surface area contributed by atoms with E-state index in [1.807, 2.05) is 31.2 Å². The second-order valence-electron chi connectivity index (χ2n) is 5.33. The Labute approximate surface area is 118 Å². The molecule has 2 heteroatoms. The largest absolute Gasteiger partial charge is 0.494 e. The number of benzene rings is 1. The third kappa shape index (κ3) is 7.22. The molecule has 0 radical (unpaired) electrons. The molecule has 0 aliphatic heterocycles. The fourth-order valence-corrected chi connectivity index (χ4v) is 2.12. The Morgan fingerprint density at radius 3 is 2.11 bits per heavy atom. The van der Waals surface area contributed by atoms with Crippen molar-refractivity contribution in [3.63, 3.8) is 0 Å². The maximum absolute atomic E-state index is 5.81. The molecule has 1 aromatic rings. The number of hydrogen-bond donors (Lipinski definition) is 1. The first kappa shape index (κ1) is 16.0. The molecular formula is C17H29NO. The first-order chi connectivity index (χ1) is 9.24. The Balaban J connectivity index is 2.06. The smallest absolute Gasteiger partial charge is 0.119 e. The normalized spacial score (nSPS) is 12.4. The van der Waals surface area contributed by atoms with Crippen molar-refractivity contribution in [3.05, 3.63) is 29.8 Å². The minimum Gasteiger partial charge on any atom is -0.494 e. The molecule has 0 spiro atoms. The standard InChI is InChI=1S/C17H29NO/c1-3-4-5-6-7-8-9-14-19-17-12-10-16(11-13-17)15(2)18/h10-13,15H,3-9,14,18H2,1-2H3/t15-/m1/s1. The second-order valence-corrected chi connectivity index (χ2v) is 5.33. The summed E-state index contributed by atoms with van der Waals surface area (Å²) in [7, 11) is 0. The first-order valence-electron chi connectivity index (χ1n) is 7.72. The summed E-state index contributed by atoms with van der Waals surface area (Å²) < 4.78 is 5.73. The lowest BCUT2D eigenvalue weighted by atomic mass is 10.1. The Kier molecular flexibility index (Phi) is 8.31. The van der Waals surface area contributed by atoms with E-state index in [4.69, 9.17) is 10.5 Å². The highest BCUT2D eigenvalue weighted by molar-refractivity contribution is 5.28. The molecule has 1 atom stereocenters. The predicted octanol–water partition coefficient (Wildman–Crippen LogP) is 4.84. The quantitative estimate of drug-likeness (QED) is 0.613. The minimum absolute atomic E-state index is 0.0946. The highest BCUT2D eigenvalue weighted by Crippen LogP contribution is 2.16. The highest BCUT2D eigenvalue weighted by atomic mass is 16.5. The molecule has 19 heavy (non-hydrogen) atoms. The SMILES string of the molecule is CCCCCCCCCOc1ccc([C@@H](C)N)cc1. The summed E-state index contributed by atoms with van der Waals surface area (Å²) in [5, 5.41) is 0. The van der Waals surface area contributed by atoms with E-state index in [0.29, 0.717) is 0 Å². The second kappa shape index (κ2) is 9.85. The molecule has 2 nitrogen and oxygen atoms in total. The molecule has 2 N–H and O–H groups in total. The molecule has 0 saturated heterocycles. The van der Waals surface area contributed by atoms with Gasteiger partial charge in [-0.05, 0) is 31.0 Å². The van der Waals surface area contributed by atoms with Crippen molar-refractivity contribution in [1.29, 1.82) is 0 Å². The summed E-state index contributed by atoms with van der Waals surface area (Å²) >= 11 is 0. The van der Waals surface area contributed by atoms with Crippen LogP contribution in [0, 0.1) is 0 Å². The van der Waals surface area contributed by atoms with E-state index >= 15 is 0 Å². The van der Waals surface area contributed by atoms with E-state index in [-0.39, 0.29) is 6.04 Å². The summed E-state index contributed by atoms with van der Waals surface area (Å²) in [5.74, 6) is 0.954. The van der Waals surface area contributed by atoms with E-state index in [1.165, 1.54) is 38.5 Å². The van der Waals surface area contributed by atoms with Crippen LogP contribution in [-0.4, -0.2) is 6.61 Å². The Morgan fingerprint density at radius 1 is 0.947 bits per heavy atom. The summed E-state index contributed by atoms with van der Waals surface area (Å²) in [6, 6.07) is 8.22. The maximum Gasteiger partial charge on any atom is 0.119 e. The van der Waals surface area contributed by atoms with Crippen LogP contribution >= 0.6 is 0 Å². The van der Waals surface area contributed by atoms with E-state index in [2.05, 4.69) is 6.92 Å². The van der Waals surface area contributed by atoms with Crippen LogP contribution < -0.4 is 10.5 Å². The lowest BCUT2D eigenvalue weighted by Gasteiger charge is -2.09. The van der Waals surface area contributed by atoms with Crippen LogP contribution in [0.15, 0.2) is 24.3 Å². The summed E-state index contributed by atoms with van der Waals surface area (Å²) in [6.45, 7) is 5.07. The van der Waals surface area contributed by atoms with Crippen molar-refractivity contribution in [3.8, 4) is 5.75 Å². The van der Waals surface area contributed by atoms with Gasteiger partial charge >= 0.3 is 0 Å². The topological polar surface area (TPSA) is 35.2 Å². The first-order valence-corrected chi connectivity index (χ1v) is 7.72. The van der Waals surface area contributed by atoms with Gasteiger partial charge < -0.3 is 10.5 Å². The van der Waals surface area contributed by atoms with E-state index in [9.17, 15) is 0 Å². The average molecular weight is 263 g/mol. The van der Waals surface area contributed by atoms with Crippen molar-refractivity contribution in [1.82, 2.24) is 0 Å². The number of rotatable bonds is 10. The van der Waals surface area contributed by atoms with Gasteiger partial charge in [0, 0.05) is 6.04 Å². The predicted molar refractivity (Wildman–Crippen MR) is 82.5 cm³/mol. The fraction of sp³-hybridized carbons (Fsp3) is 0.647. The zero-order chi connectivity index (χ0) is 13.9. The third-order valence-electron chi connectivity index (χ3n) is 3.42. The third-order valence-corrected chi connectivity index (χ3v) is 3.42. The molecule has 0 fully saturated rings. The fourth-order valence-electron chi connectivity index (χ4n) is 2.12. The molecule has 0 unspecified atom stereocenters. The van der Waals surface area contributed by atoms with Crippen molar-refractivity contribution in [2.24, 2.45) is 5.73 Å².